The van der Waals surface area contributed by atoms with Gasteiger partial charge in [-0.1, -0.05) is 29.3 Å². The van der Waals surface area contributed by atoms with Crippen molar-refractivity contribution in [1.29, 1.82) is 0 Å². The van der Waals surface area contributed by atoms with Crippen molar-refractivity contribution >= 4 is 29.5 Å². The average Bonchev–Trinajstić information content (AvgIpc) is 2.46. The lowest BCUT2D eigenvalue weighted by Gasteiger charge is -2.13. The maximum absolute atomic E-state index is 11.3. The number of methoxy groups -OCH3 is 2. The first-order valence-electron chi connectivity index (χ1n) is 5.77. The lowest BCUT2D eigenvalue weighted by atomic mass is 9.99. The van der Waals surface area contributed by atoms with E-state index >= 15 is 0 Å². The van der Waals surface area contributed by atoms with Gasteiger partial charge in [-0.3, -0.25) is 4.79 Å². The summed E-state index contributed by atoms with van der Waals surface area (Å²) in [6.45, 7) is 0. The molecule has 0 aliphatic carbocycles. The third kappa shape index (κ3) is 2.74. The predicted molar refractivity (Wildman–Crippen MR) is 80.4 cm³/mol. The van der Waals surface area contributed by atoms with Crippen molar-refractivity contribution in [1.82, 2.24) is 0 Å². The number of hydrogen-bond acceptors (Lipinski definition) is 3. The van der Waals surface area contributed by atoms with E-state index in [1.165, 1.54) is 14.2 Å². The highest BCUT2D eigenvalue weighted by Gasteiger charge is 2.14. The molecule has 0 atom stereocenters. The van der Waals surface area contributed by atoms with Gasteiger partial charge in [0.25, 0.3) is 0 Å². The monoisotopic (exact) mass is 310 g/mol. The number of ether oxygens (including phenoxy) is 2. The Morgan fingerprint density at radius 3 is 2.15 bits per heavy atom. The van der Waals surface area contributed by atoms with Crippen LogP contribution in [0.4, 0.5) is 0 Å². The molecule has 0 spiro atoms. The summed E-state index contributed by atoms with van der Waals surface area (Å²) in [6.07, 6.45) is 0.752. The molecule has 0 saturated carbocycles. The predicted octanol–water partition coefficient (Wildman–Crippen LogP) is 4.49. The minimum absolute atomic E-state index is 0.465. The van der Waals surface area contributed by atoms with Crippen LogP contribution in [-0.2, 0) is 0 Å². The number of carbonyl (C=O) groups is 1. The van der Waals surface area contributed by atoms with E-state index in [1.807, 2.05) is 0 Å². The Balaban J connectivity index is 2.68. The van der Waals surface area contributed by atoms with Gasteiger partial charge in [-0.25, -0.2) is 0 Å². The standard InChI is InChI=1S/C15H12Cl2O3/c1-19-14-5-9(8-18)12(7-15(14)20-2)11-4-3-10(16)6-13(11)17/h3-8H,1-2H3. The van der Waals surface area contributed by atoms with Crippen LogP contribution in [0.25, 0.3) is 11.1 Å². The quantitative estimate of drug-likeness (QED) is 0.780. The fraction of sp³-hybridized carbons (Fsp3) is 0.133. The van der Waals surface area contributed by atoms with Crippen LogP contribution < -0.4 is 9.47 Å². The first kappa shape index (κ1) is 14.7. The molecule has 2 aromatic rings. The first-order valence-corrected chi connectivity index (χ1v) is 6.53. The molecule has 0 amide bonds. The van der Waals surface area contributed by atoms with E-state index in [-0.39, 0.29) is 0 Å². The Morgan fingerprint density at radius 1 is 0.950 bits per heavy atom. The lowest BCUT2D eigenvalue weighted by molar-refractivity contribution is 0.112. The third-order valence-corrected chi connectivity index (χ3v) is 3.45. The largest absolute Gasteiger partial charge is 0.493 e. The van der Waals surface area contributed by atoms with Crippen LogP contribution in [-0.4, -0.2) is 20.5 Å². The molecule has 0 bridgehead atoms. The number of aldehydes is 1. The van der Waals surface area contributed by atoms with Crippen LogP contribution >= 0.6 is 23.2 Å². The molecule has 0 unspecified atom stereocenters. The molecule has 104 valence electrons. The molecular weight excluding hydrogens is 299 g/mol. The number of carbonyl (C=O) groups excluding carboxylic acids is 1. The zero-order valence-corrected chi connectivity index (χ0v) is 12.5. The summed E-state index contributed by atoms with van der Waals surface area (Å²) in [6, 6.07) is 8.44. The summed E-state index contributed by atoms with van der Waals surface area (Å²) in [5.74, 6) is 1.02. The van der Waals surface area contributed by atoms with Crippen molar-refractivity contribution in [2.75, 3.05) is 14.2 Å². The fourth-order valence-corrected chi connectivity index (χ4v) is 2.44. The van der Waals surface area contributed by atoms with Gasteiger partial charge in [0, 0.05) is 21.2 Å². The molecule has 0 radical (unpaired) electrons. The van der Waals surface area contributed by atoms with E-state index in [4.69, 9.17) is 32.7 Å². The molecule has 0 heterocycles. The van der Waals surface area contributed by atoms with Crippen molar-refractivity contribution in [3.8, 4) is 22.6 Å². The second-order valence-corrected chi connectivity index (χ2v) is 4.88. The minimum atomic E-state index is 0.465. The van der Waals surface area contributed by atoms with Crippen LogP contribution in [0.2, 0.25) is 10.0 Å². The number of benzene rings is 2. The average molecular weight is 311 g/mol. The van der Waals surface area contributed by atoms with Gasteiger partial charge in [0.05, 0.1) is 14.2 Å². The summed E-state index contributed by atoms with van der Waals surface area (Å²) in [4.78, 5) is 11.3. The molecule has 2 aromatic carbocycles. The lowest BCUT2D eigenvalue weighted by Crippen LogP contribution is -1.95. The Hall–Kier alpha value is -1.71. The van der Waals surface area contributed by atoms with Gasteiger partial charge in [0.1, 0.15) is 0 Å². The highest BCUT2D eigenvalue weighted by atomic mass is 35.5. The molecule has 0 aliphatic heterocycles. The zero-order valence-electron chi connectivity index (χ0n) is 10.9. The summed E-state index contributed by atoms with van der Waals surface area (Å²) in [5.41, 5.74) is 1.84. The van der Waals surface area contributed by atoms with E-state index in [1.54, 1.807) is 30.3 Å². The van der Waals surface area contributed by atoms with E-state index < -0.39 is 0 Å². The molecule has 2 rings (SSSR count). The highest BCUT2D eigenvalue weighted by molar-refractivity contribution is 6.36. The number of hydrogen-bond donors (Lipinski definition) is 0. The maximum Gasteiger partial charge on any atom is 0.161 e. The Labute approximate surface area is 127 Å². The Kier molecular flexibility index (Phi) is 4.53. The van der Waals surface area contributed by atoms with Crippen molar-refractivity contribution in [2.24, 2.45) is 0 Å². The second kappa shape index (κ2) is 6.16. The van der Waals surface area contributed by atoms with E-state index in [2.05, 4.69) is 0 Å². The smallest absolute Gasteiger partial charge is 0.161 e. The van der Waals surface area contributed by atoms with Crippen LogP contribution in [0.3, 0.4) is 0 Å². The Morgan fingerprint density at radius 2 is 1.60 bits per heavy atom. The molecule has 5 heteroatoms. The van der Waals surface area contributed by atoms with Gasteiger partial charge in [0.15, 0.2) is 17.8 Å². The SMILES string of the molecule is COc1cc(C=O)c(-c2ccc(Cl)cc2Cl)cc1OC. The third-order valence-electron chi connectivity index (χ3n) is 2.90. The van der Waals surface area contributed by atoms with Crippen LogP contribution in [0.5, 0.6) is 11.5 Å². The minimum Gasteiger partial charge on any atom is -0.493 e. The van der Waals surface area contributed by atoms with Gasteiger partial charge < -0.3 is 9.47 Å². The topological polar surface area (TPSA) is 35.5 Å². The van der Waals surface area contributed by atoms with Gasteiger partial charge in [0.2, 0.25) is 0 Å². The van der Waals surface area contributed by atoms with Crippen LogP contribution in [0.1, 0.15) is 10.4 Å². The number of rotatable bonds is 4. The maximum atomic E-state index is 11.3. The Bertz CT molecular complexity index is 654. The molecule has 0 saturated heterocycles. The highest BCUT2D eigenvalue weighted by Crippen LogP contribution is 2.38. The van der Waals surface area contributed by atoms with Crippen molar-refractivity contribution in [3.63, 3.8) is 0 Å². The van der Waals surface area contributed by atoms with E-state index in [0.29, 0.717) is 38.2 Å². The molecular formula is C15H12Cl2O3. The van der Waals surface area contributed by atoms with Crippen molar-refractivity contribution in [2.45, 2.75) is 0 Å². The van der Waals surface area contributed by atoms with Crippen molar-refractivity contribution < 1.29 is 14.3 Å². The van der Waals surface area contributed by atoms with Gasteiger partial charge in [-0.05, 0) is 29.8 Å². The van der Waals surface area contributed by atoms with Crippen LogP contribution in [0.15, 0.2) is 30.3 Å². The first-order chi connectivity index (χ1) is 9.60. The zero-order chi connectivity index (χ0) is 14.7. The summed E-state index contributed by atoms with van der Waals surface area (Å²) < 4.78 is 10.4. The van der Waals surface area contributed by atoms with Crippen molar-refractivity contribution in [3.05, 3.63) is 45.9 Å². The van der Waals surface area contributed by atoms with Gasteiger partial charge in [-0.2, -0.15) is 0 Å². The summed E-state index contributed by atoms with van der Waals surface area (Å²) in [5, 5.41) is 1.000. The number of halogens is 2. The fourth-order valence-electron chi connectivity index (χ4n) is 1.93. The molecule has 0 N–H and O–H groups in total. The normalized spacial score (nSPS) is 10.2. The van der Waals surface area contributed by atoms with Gasteiger partial charge >= 0.3 is 0 Å². The van der Waals surface area contributed by atoms with E-state index in [9.17, 15) is 4.79 Å². The molecule has 0 fully saturated rings. The van der Waals surface area contributed by atoms with Crippen LogP contribution in [0, 0.1) is 0 Å². The molecule has 3 nitrogen and oxygen atoms in total. The van der Waals surface area contributed by atoms with E-state index in [0.717, 1.165) is 6.29 Å². The second-order valence-electron chi connectivity index (χ2n) is 4.04. The molecule has 0 aliphatic rings. The molecule has 20 heavy (non-hydrogen) atoms. The van der Waals surface area contributed by atoms with Gasteiger partial charge in [-0.15, -0.1) is 0 Å². The molecule has 0 aromatic heterocycles. The summed E-state index contributed by atoms with van der Waals surface area (Å²) >= 11 is 12.1. The summed E-state index contributed by atoms with van der Waals surface area (Å²) in [7, 11) is 3.05.